The second-order valence-electron chi connectivity index (χ2n) is 8.25. The SMILES string of the molecule is N#CC1=C(NCc2ccccc2)c2ccc(SC3CCCCC3)c3cccc(c23)C1=O. The smallest absolute Gasteiger partial charge is 0.206 e. The lowest BCUT2D eigenvalue weighted by atomic mass is 9.86. The molecule has 3 nitrogen and oxygen atoms in total. The molecule has 2 aliphatic carbocycles. The van der Waals surface area contributed by atoms with Crippen LogP contribution in [0.5, 0.6) is 0 Å². The molecule has 154 valence electrons. The molecule has 3 aromatic rings. The molecule has 1 fully saturated rings. The summed E-state index contributed by atoms with van der Waals surface area (Å²) in [6, 6.07) is 22.4. The number of hydrogen-bond donors (Lipinski definition) is 1. The van der Waals surface area contributed by atoms with Gasteiger partial charge in [0.15, 0.2) is 0 Å². The zero-order valence-electron chi connectivity index (χ0n) is 17.4. The molecule has 31 heavy (non-hydrogen) atoms. The van der Waals surface area contributed by atoms with Crippen LogP contribution < -0.4 is 5.32 Å². The Bertz CT molecular complexity index is 1220. The Kier molecular flexibility index (Phi) is 5.53. The van der Waals surface area contributed by atoms with Crippen molar-refractivity contribution in [3.8, 4) is 6.07 Å². The van der Waals surface area contributed by atoms with Crippen molar-refractivity contribution in [2.75, 3.05) is 0 Å². The van der Waals surface area contributed by atoms with E-state index in [2.05, 4.69) is 29.6 Å². The van der Waals surface area contributed by atoms with Crippen LogP contribution in [0.4, 0.5) is 0 Å². The molecule has 0 saturated heterocycles. The summed E-state index contributed by atoms with van der Waals surface area (Å²) in [5, 5.41) is 15.9. The van der Waals surface area contributed by atoms with Gasteiger partial charge in [-0.1, -0.05) is 73.9 Å². The maximum atomic E-state index is 13.2. The van der Waals surface area contributed by atoms with E-state index in [0.29, 0.717) is 23.1 Å². The minimum absolute atomic E-state index is 0.184. The van der Waals surface area contributed by atoms with Crippen LogP contribution in [-0.4, -0.2) is 11.0 Å². The summed E-state index contributed by atoms with van der Waals surface area (Å²) in [6.45, 7) is 0.566. The molecule has 0 aliphatic heterocycles. The second kappa shape index (κ2) is 8.61. The number of allylic oxidation sites excluding steroid dienone is 1. The first-order chi connectivity index (χ1) is 15.3. The van der Waals surface area contributed by atoms with E-state index in [1.165, 1.54) is 37.0 Å². The monoisotopic (exact) mass is 424 g/mol. The van der Waals surface area contributed by atoms with Crippen LogP contribution in [0.25, 0.3) is 16.5 Å². The summed E-state index contributed by atoms with van der Waals surface area (Å²) in [5.41, 5.74) is 3.54. The number of carbonyl (C=O) groups excluding carboxylic acids is 1. The van der Waals surface area contributed by atoms with Crippen LogP contribution >= 0.6 is 11.8 Å². The van der Waals surface area contributed by atoms with Gasteiger partial charge in [0, 0.05) is 33.2 Å². The minimum Gasteiger partial charge on any atom is -0.379 e. The van der Waals surface area contributed by atoms with Crippen LogP contribution in [0, 0.1) is 11.3 Å². The van der Waals surface area contributed by atoms with Gasteiger partial charge in [-0.15, -0.1) is 11.8 Å². The van der Waals surface area contributed by atoms with Gasteiger partial charge in [0.1, 0.15) is 11.6 Å². The first kappa shape index (κ1) is 19.9. The highest BCUT2D eigenvalue weighted by Crippen LogP contribution is 2.42. The first-order valence-corrected chi connectivity index (χ1v) is 11.8. The van der Waals surface area contributed by atoms with Crippen molar-refractivity contribution in [2.24, 2.45) is 0 Å². The third-order valence-corrected chi connectivity index (χ3v) is 7.68. The molecule has 5 rings (SSSR count). The van der Waals surface area contributed by atoms with E-state index in [-0.39, 0.29) is 11.4 Å². The van der Waals surface area contributed by atoms with Gasteiger partial charge in [-0.05, 0) is 29.9 Å². The summed E-state index contributed by atoms with van der Waals surface area (Å²) in [7, 11) is 0. The lowest BCUT2D eigenvalue weighted by molar-refractivity contribution is 0.104. The standard InChI is InChI=1S/C27H24N2OS/c28-16-23-26(29-17-18-8-3-1-4-9-18)21-14-15-24(31-19-10-5-2-6-11-19)20-12-7-13-22(25(20)21)27(23)30/h1,3-4,7-9,12-15,19,29H,2,5-6,10-11,17H2. The summed E-state index contributed by atoms with van der Waals surface area (Å²) in [5.74, 6) is -0.184. The Balaban J connectivity index is 1.57. The van der Waals surface area contributed by atoms with E-state index >= 15 is 0 Å². The van der Waals surface area contributed by atoms with Gasteiger partial charge in [0.05, 0.1) is 5.70 Å². The van der Waals surface area contributed by atoms with Crippen LogP contribution in [0.3, 0.4) is 0 Å². The Morgan fingerprint density at radius 1 is 0.935 bits per heavy atom. The first-order valence-electron chi connectivity index (χ1n) is 11.0. The molecule has 1 saturated carbocycles. The fourth-order valence-corrected chi connectivity index (χ4v) is 6.07. The van der Waals surface area contributed by atoms with Gasteiger partial charge in [-0.3, -0.25) is 4.79 Å². The molecule has 0 bridgehead atoms. The zero-order chi connectivity index (χ0) is 21.2. The fraction of sp³-hybridized carbons (Fsp3) is 0.259. The lowest BCUT2D eigenvalue weighted by Crippen LogP contribution is -2.21. The van der Waals surface area contributed by atoms with Crippen LogP contribution in [0.15, 0.2) is 71.1 Å². The van der Waals surface area contributed by atoms with Gasteiger partial charge in [-0.2, -0.15) is 5.26 Å². The topological polar surface area (TPSA) is 52.9 Å². The van der Waals surface area contributed by atoms with E-state index < -0.39 is 0 Å². The lowest BCUT2D eigenvalue weighted by Gasteiger charge is -2.25. The highest BCUT2D eigenvalue weighted by atomic mass is 32.2. The number of nitriles is 1. The number of hydrogen-bond acceptors (Lipinski definition) is 4. The quantitative estimate of drug-likeness (QED) is 0.509. The Hall–Kier alpha value is -3.03. The van der Waals surface area contributed by atoms with Gasteiger partial charge in [0.25, 0.3) is 0 Å². The molecule has 0 atom stereocenters. The molecule has 0 spiro atoms. The molecule has 0 amide bonds. The largest absolute Gasteiger partial charge is 0.379 e. The van der Waals surface area contributed by atoms with Crippen molar-refractivity contribution in [3.63, 3.8) is 0 Å². The molecule has 4 heteroatoms. The maximum Gasteiger partial charge on any atom is 0.206 e. The molecule has 2 aliphatic rings. The second-order valence-corrected chi connectivity index (χ2v) is 9.59. The Labute approximate surface area is 187 Å². The highest BCUT2D eigenvalue weighted by Gasteiger charge is 2.29. The molecule has 1 N–H and O–H groups in total. The van der Waals surface area contributed by atoms with Crippen molar-refractivity contribution in [3.05, 3.63) is 82.9 Å². The summed E-state index contributed by atoms with van der Waals surface area (Å²) < 4.78 is 0. The van der Waals surface area contributed by atoms with Crippen molar-refractivity contribution in [2.45, 2.75) is 48.8 Å². The normalized spacial score (nSPS) is 16.4. The number of nitrogens with zero attached hydrogens (tertiary/aromatic N) is 1. The third kappa shape index (κ3) is 3.75. The Morgan fingerprint density at radius 3 is 2.52 bits per heavy atom. The predicted molar refractivity (Wildman–Crippen MR) is 127 cm³/mol. The number of nitrogens with one attached hydrogen (secondary N) is 1. The third-order valence-electron chi connectivity index (χ3n) is 6.26. The summed E-state index contributed by atoms with van der Waals surface area (Å²) >= 11 is 1.95. The minimum atomic E-state index is -0.184. The van der Waals surface area contributed by atoms with Crippen LogP contribution in [-0.2, 0) is 6.54 Å². The molecule has 3 aromatic carbocycles. The molecular formula is C27H24N2OS. The molecule has 0 aromatic heterocycles. The predicted octanol–water partition coefficient (Wildman–Crippen LogP) is 6.49. The van der Waals surface area contributed by atoms with Gasteiger partial charge in [0.2, 0.25) is 5.78 Å². The number of benzene rings is 3. The van der Waals surface area contributed by atoms with Crippen molar-refractivity contribution < 1.29 is 4.79 Å². The maximum absolute atomic E-state index is 13.2. The van der Waals surface area contributed by atoms with E-state index in [1.807, 2.05) is 54.2 Å². The van der Waals surface area contributed by atoms with E-state index in [1.54, 1.807) is 0 Å². The number of carbonyl (C=O) groups is 1. The van der Waals surface area contributed by atoms with Crippen molar-refractivity contribution in [1.82, 2.24) is 5.32 Å². The van der Waals surface area contributed by atoms with Gasteiger partial charge in [-0.25, -0.2) is 0 Å². The highest BCUT2D eigenvalue weighted by molar-refractivity contribution is 8.00. The average Bonchev–Trinajstić information content (AvgIpc) is 2.82. The summed E-state index contributed by atoms with van der Waals surface area (Å²) in [4.78, 5) is 14.5. The molecule has 0 radical (unpaired) electrons. The fourth-order valence-electron chi connectivity index (χ4n) is 4.70. The Morgan fingerprint density at radius 2 is 1.74 bits per heavy atom. The van der Waals surface area contributed by atoms with Gasteiger partial charge >= 0.3 is 0 Å². The average molecular weight is 425 g/mol. The molecular weight excluding hydrogens is 400 g/mol. The zero-order valence-corrected chi connectivity index (χ0v) is 18.2. The van der Waals surface area contributed by atoms with Crippen LogP contribution in [0.2, 0.25) is 0 Å². The summed E-state index contributed by atoms with van der Waals surface area (Å²) in [6.07, 6.45) is 6.47. The van der Waals surface area contributed by atoms with Gasteiger partial charge < -0.3 is 5.32 Å². The molecule has 0 unspecified atom stereocenters. The van der Waals surface area contributed by atoms with Crippen LogP contribution in [0.1, 0.15) is 53.6 Å². The van der Waals surface area contributed by atoms with Crippen molar-refractivity contribution >= 4 is 34.0 Å². The number of Topliss-reactive ketones (excluding diaryl/α,β-unsaturated/α-hetero) is 1. The van der Waals surface area contributed by atoms with Crippen molar-refractivity contribution in [1.29, 1.82) is 5.26 Å². The van der Waals surface area contributed by atoms with E-state index in [4.69, 9.17) is 0 Å². The number of ketones is 1. The number of thioether (sulfide) groups is 1. The number of rotatable bonds is 5. The van der Waals surface area contributed by atoms with E-state index in [0.717, 1.165) is 21.9 Å². The van der Waals surface area contributed by atoms with E-state index in [9.17, 15) is 10.1 Å². The molecule has 0 heterocycles.